The SMILES string of the molecule is c1ccc(-c2cccc(-c3nc(-c4cccc(-c5cccc(-c6cccc7c6sc6ccccc67)c5)c4)nc4oc5ccccc5c34)c2)cc1. The fourth-order valence-electron chi connectivity index (χ4n) is 7.12. The van der Waals surface area contributed by atoms with Crippen LogP contribution in [0.1, 0.15) is 0 Å². The van der Waals surface area contributed by atoms with E-state index in [1.807, 2.05) is 35.6 Å². The Morgan fingerprint density at radius 1 is 0.420 bits per heavy atom. The van der Waals surface area contributed by atoms with Crippen LogP contribution in [0.3, 0.4) is 0 Å². The Labute approximate surface area is 292 Å². The molecule has 0 saturated heterocycles. The van der Waals surface area contributed by atoms with Gasteiger partial charge in [0.05, 0.1) is 11.1 Å². The molecule has 0 radical (unpaired) electrons. The summed E-state index contributed by atoms with van der Waals surface area (Å²) in [5.41, 5.74) is 11.2. The predicted molar refractivity (Wildman–Crippen MR) is 209 cm³/mol. The summed E-state index contributed by atoms with van der Waals surface area (Å²) >= 11 is 1.86. The number of rotatable bonds is 5. The lowest BCUT2D eigenvalue weighted by Gasteiger charge is -2.11. The van der Waals surface area contributed by atoms with Gasteiger partial charge in [-0.2, -0.15) is 4.98 Å². The molecular weight excluding hydrogens is 629 g/mol. The Morgan fingerprint density at radius 2 is 1.00 bits per heavy atom. The van der Waals surface area contributed by atoms with Crippen molar-refractivity contribution in [3.05, 3.63) is 170 Å². The number of furan rings is 1. The second-order valence-electron chi connectivity index (χ2n) is 12.6. The Morgan fingerprint density at radius 3 is 1.84 bits per heavy atom. The number of hydrogen-bond donors (Lipinski definition) is 0. The molecule has 0 N–H and O–H groups in total. The first-order valence-electron chi connectivity index (χ1n) is 16.7. The van der Waals surface area contributed by atoms with Crippen LogP contribution in [-0.2, 0) is 0 Å². The van der Waals surface area contributed by atoms with E-state index in [0.29, 0.717) is 11.5 Å². The van der Waals surface area contributed by atoms with Crippen LogP contribution in [0.5, 0.6) is 0 Å². The van der Waals surface area contributed by atoms with E-state index >= 15 is 0 Å². The fourth-order valence-corrected chi connectivity index (χ4v) is 8.35. The van der Waals surface area contributed by atoms with E-state index in [0.717, 1.165) is 55.4 Å². The van der Waals surface area contributed by atoms with Crippen molar-refractivity contribution < 1.29 is 4.42 Å². The highest BCUT2D eigenvalue weighted by atomic mass is 32.1. The molecule has 0 saturated carbocycles. The van der Waals surface area contributed by atoms with Crippen LogP contribution in [-0.4, -0.2) is 9.97 Å². The molecule has 3 nitrogen and oxygen atoms in total. The monoisotopic (exact) mass is 656 g/mol. The molecule has 50 heavy (non-hydrogen) atoms. The normalized spacial score (nSPS) is 11.6. The van der Waals surface area contributed by atoms with Gasteiger partial charge in [-0.15, -0.1) is 11.3 Å². The molecular formula is C46H28N2OS. The fraction of sp³-hybridized carbons (Fsp3) is 0. The number of nitrogens with zero attached hydrogens (tertiary/aromatic N) is 2. The van der Waals surface area contributed by atoms with E-state index in [9.17, 15) is 0 Å². The molecule has 3 heterocycles. The molecule has 0 amide bonds. The molecule has 10 rings (SSSR count). The lowest BCUT2D eigenvalue weighted by atomic mass is 9.97. The van der Waals surface area contributed by atoms with Gasteiger partial charge in [0.2, 0.25) is 5.71 Å². The van der Waals surface area contributed by atoms with E-state index in [1.54, 1.807) is 0 Å². The molecule has 10 aromatic rings. The third kappa shape index (κ3) is 4.80. The predicted octanol–water partition coefficient (Wildman–Crippen LogP) is 13.1. The molecule has 234 valence electrons. The summed E-state index contributed by atoms with van der Waals surface area (Å²) < 4.78 is 9.01. The Hall–Kier alpha value is -6.36. The van der Waals surface area contributed by atoms with E-state index < -0.39 is 0 Å². The van der Waals surface area contributed by atoms with Gasteiger partial charge in [0.1, 0.15) is 5.58 Å². The standard InChI is InChI=1S/C46H28N2OS/c1-2-12-29(13-3-1)30-14-9-18-34(27-30)43-42-39-21-4-6-24-40(39)49-46(42)48-45(47-43)35-19-10-16-32(28-35)31-15-8-17-33(26-31)36-22-11-23-38-37-20-5-7-25-41(37)50-44(36)38/h1-28H. The Balaban J connectivity index is 1.10. The zero-order valence-electron chi connectivity index (χ0n) is 26.9. The number of para-hydroxylation sites is 1. The number of hydrogen-bond acceptors (Lipinski definition) is 4. The lowest BCUT2D eigenvalue weighted by molar-refractivity contribution is 0.653. The maximum atomic E-state index is 6.38. The van der Waals surface area contributed by atoms with E-state index in [-0.39, 0.29) is 0 Å². The van der Waals surface area contributed by atoms with Gasteiger partial charge >= 0.3 is 0 Å². The average molecular weight is 657 g/mol. The average Bonchev–Trinajstić information content (AvgIpc) is 3.77. The quantitative estimate of drug-likeness (QED) is 0.185. The summed E-state index contributed by atoms with van der Waals surface area (Å²) in [5.74, 6) is 0.629. The minimum Gasteiger partial charge on any atom is -0.438 e. The summed E-state index contributed by atoms with van der Waals surface area (Å²) in [6.07, 6.45) is 0. The van der Waals surface area contributed by atoms with Gasteiger partial charge in [0.25, 0.3) is 0 Å². The second-order valence-corrected chi connectivity index (χ2v) is 13.6. The minimum atomic E-state index is 0.583. The van der Waals surface area contributed by atoms with Crippen LogP contribution in [0, 0.1) is 0 Å². The summed E-state index contributed by atoms with van der Waals surface area (Å²) in [5, 5.41) is 4.55. The van der Waals surface area contributed by atoms with Gasteiger partial charge in [0.15, 0.2) is 5.82 Å². The minimum absolute atomic E-state index is 0.583. The molecule has 3 aromatic heterocycles. The topological polar surface area (TPSA) is 38.9 Å². The Bertz CT molecular complexity index is 2880. The van der Waals surface area contributed by atoms with Gasteiger partial charge in [-0.05, 0) is 63.7 Å². The molecule has 0 aliphatic carbocycles. The van der Waals surface area contributed by atoms with Crippen LogP contribution < -0.4 is 0 Å². The van der Waals surface area contributed by atoms with Crippen LogP contribution in [0.4, 0.5) is 0 Å². The van der Waals surface area contributed by atoms with Crippen molar-refractivity contribution in [3.8, 4) is 56.0 Å². The highest BCUT2D eigenvalue weighted by Crippen LogP contribution is 2.41. The van der Waals surface area contributed by atoms with Crippen molar-refractivity contribution in [1.29, 1.82) is 0 Å². The van der Waals surface area contributed by atoms with Crippen LogP contribution >= 0.6 is 11.3 Å². The molecule has 7 aromatic carbocycles. The maximum absolute atomic E-state index is 6.38. The zero-order chi connectivity index (χ0) is 33.0. The highest BCUT2D eigenvalue weighted by Gasteiger charge is 2.19. The van der Waals surface area contributed by atoms with Gasteiger partial charge in [-0.25, -0.2) is 4.98 Å². The molecule has 0 spiro atoms. The summed E-state index contributed by atoms with van der Waals surface area (Å²) in [6.45, 7) is 0. The molecule has 0 aliphatic rings. The van der Waals surface area contributed by atoms with Gasteiger partial charge in [-0.3, -0.25) is 0 Å². The summed E-state index contributed by atoms with van der Waals surface area (Å²) in [6, 6.07) is 59.8. The van der Waals surface area contributed by atoms with Crippen molar-refractivity contribution in [2.24, 2.45) is 0 Å². The number of fused-ring (bicyclic) bond motifs is 6. The highest BCUT2D eigenvalue weighted by molar-refractivity contribution is 7.26. The van der Waals surface area contributed by atoms with Crippen LogP contribution in [0.15, 0.2) is 174 Å². The van der Waals surface area contributed by atoms with Gasteiger partial charge in [-0.1, -0.05) is 140 Å². The van der Waals surface area contributed by atoms with Crippen molar-refractivity contribution >= 4 is 53.6 Å². The maximum Gasteiger partial charge on any atom is 0.231 e. The zero-order valence-corrected chi connectivity index (χ0v) is 27.7. The van der Waals surface area contributed by atoms with E-state index in [1.165, 1.54) is 31.3 Å². The number of thiophene rings is 1. The molecule has 0 unspecified atom stereocenters. The van der Waals surface area contributed by atoms with Crippen molar-refractivity contribution in [1.82, 2.24) is 9.97 Å². The summed E-state index contributed by atoms with van der Waals surface area (Å²) in [4.78, 5) is 10.3. The lowest BCUT2D eigenvalue weighted by Crippen LogP contribution is -1.94. The smallest absolute Gasteiger partial charge is 0.231 e. The van der Waals surface area contributed by atoms with Crippen LogP contribution in [0.2, 0.25) is 0 Å². The first-order valence-corrected chi connectivity index (χ1v) is 17.6. The first-order chi connectivity index (χ1) is 24.8. The summed E-state index contributed by atoms with van der Waals surface area (Å²) in [7, 11) is 0. The Kier molecular flexibility index (Phi) is 6.68. The van der Waals surface area contributed by atoms with E-state index in [4.69, 9.17) is 14.4 Å². The largest absolute Gasteiger partial charge is 0.438 e. The van der Waals surface area contributed by atoms with Crippen LogP contribution in [0.25, 0.3) is 98.3 Å². The molecule has 0 fully saturated rings. The van der Waals surface area contributed by atoms with Gasteiger partial charge in [0, 0.05) is 36.7 Å². The molecule has 0 bridgehead atoms. The number of aromatic nitrogens is 2. The van der Waals surface area contributed by atoms with Crippen molar-refractivity contribution in [2.75, 3.05) is 0 Å². The van der Waals surface area contributed by atoms with Gasteiger partial charge < -0.3 is 4.42 Å². The van der Waals surface area contributed by atoms with E-state index in [2.05, 4.69) is 146 Å². The first kappa shape index (κ1) is 28.6. The second kappa shape index (κ2) is 11.7. The third-order valence-corrected chi connectivity index (χ3v) is 10.7. The number of benzene rings is 7. The molecule has 0 atom stereocenters. The van der Waals surface area contributed by atoms with Crippen molar-refractivity contribution in [2.45, 2.75) is 0 Å². The van der Waals surface area contributed by atoms with Crippen molar-refractivity contribution in [3.63, 3.8) is 0 Å². The molecule has 0 aliphatic heterocycles. The third-order valence-electron chi connectivity index (χ3n) is 9.51. The molecule has 4 heteroatoms.